The predicted molar refractivity (Wildman–Crippen MR) is 93.6 cm³/mol. The van der Waals surface area contributed by atoms with E-state index in [2.05, 4.69) is 6.07 Å². The number of ether oxygens (including phenoxy) is 1. The van der Waals surface area contributed by atoms with E-state index < -0.39 is 12.1 Å². The van der Waals surface area contributed by atoms with Crippen molar-refractivity contribution in [1.29, 1.82) is 5.26 Å². The molecular weight excluding hydrogens is 316 g/mol. The third-order valence-electron chi connectivity index (χ3n) is 4.69. The van der Waals surface area contributed by atoms with Crippen LogP contribution in [-0.2, 0) is 9.53 Å². The molecule has 3 rings (SSSR count). The van der Waals surface area contributed by atoms with Crippen molar-refractivity contribution in [3.63, 3.8) is 0 Å². The zero-order valence-electron chi connectivity index (χ0n) is 14.0. The van der Waals surface area contributed by atoms with Gasteiger partial charge in [0.25, 0.3) is 0 Å². The SMILES string of the molecule is COCC(=O)N1[C@H](C#N)[C@H](c2ccccc2-c2ccccc2)[C@@H]1CO. The van der Waals surface area contributed by atoms with Crippen molar-refractivity contribution in [2.75, 3.05) is 20.3 Å². The Balaban J connectivity index is 2.00. The lowest BCUT2D eigenvalue weighted by Gasteiger charge is -2.52. The molecule has 0 unspecified atom stereocenters. The molecule has 128 valence electrons. The Kier molecular flexibility index (Phi) is 5.13. The molecule has 1 heterocycles. The van der Waals surface area contributed by atoms with Gasteiger partial charge in [-0.2, -0.15) is 5.26 Å². The lowest BCUT2D eigenvalue weighted by Crippen LogP contribution is -2.66. The van der Waals surface area contributed by atoms with Crippen molar-refractivity contribution in [3.05, 3.63) is 60.2 Å². The highest BCUT2D eigenvalue weighted by Gasteiger charge is 2.52. The van der Waals surface area contributed by atoms with E-state index in [1.54, 1.807) is 0 Å². The molecule has 1 fully saturated rings. The summed E-state index contributed by atoms with van der Waals surface area (Å²) in [4.78, 5) is 13.7. The molecule has 5 heteroatoms. The number of likely N-dealkylation sites (tertiary alicyclic amines) is 1. The molecule has 0 saturated carbocycles. The Labute approximate surface area is 147 Å². The van der Waals surface area contributed by atoms with E-state index in [4.69, 9.17) is 4.74 Å². The number of nitriles is 1. The van der Waals surface area contributed by atoms with Crippen LogP contribution < -0.4 is 0 Å². The normalized spacial score (nSPS) is 22.1. The standard InChI is InChI=1S/C20H20N2O3/c1-25-13-19(24)22-17(11-21)20(18(22)12-23)16-10-6-5-9-15(16)14-7-3-2-4-8-14/h2-10,17-18,20,23H,12-13H2,1H3/t17-,18+,20+/m1/s1. The minimum Gasteiger partial charge on any atom is -0.394 e. The number of aliphatic hydroxyl groups is 1. The fourth-order valence-electron chi connectivity index (χ4n) is 3.59. The third kappa shape index (κ3) is 3.02. The number of carbonyl (C=O) groups excluding carboxylic acids is 1. The largest absolute Gasteiger partial charge is 0.394 e. The van der Waals surface area contributed by atoms with Gasteiger partial charge in [0, 0.05) is 13.0 Å². The van der Waals surface area contributed by atoms with Crippen LogP contribution in [0.25, 0.3) is 11.1 Å². The van der Waals surface area contributed by atoms with Crippen LogP contribution in [0.15, 0.2) is 54.6 Å². The molecule has 5 nitrogen and oxygen atoms in total. The topological polar surface area (TPSA) is 73.6 Å². The number of rotatable bonds is 5. The number of benzene rings is 2. The summed E-state index contributed by atoms with van der Waals surface area (Å²) < 4.78 is 4.90. The van der Waals surface area contributed by atoms with Crippen molar-refractivity contribution in [2.45, 2.75) is 18.0 Å². The zero-order valence-corrected chi connectivity index (χ0v) is 14.0. The number of hydrogen-bond donors (Lipinski definition) is 1. The van der Waals surface area contributed by atoms with Gasteiger partial charge in [-0.1, -0.05) is 54.6 Å². The minimum atomic E-state index is -0.607. The second-order valence-corrected chi connectivity index (χ2v) is 6.04. The molecule has 0 aromatic heterocycles. The number of aliphatic hydroxyl groups excluding tert-OH is 1. The van der Waals surface area contributed by atoms with Crippen LogP contribution >= 0.6 is 0 Å². The van der Waals surface area contributed by atoms with Gasteiger partial charge < -0.3 is 14.7 Å². The third-order valence-corrected chi connectivity index (χ3v) is 4.69. The van der Waals surface area contributed by atoms with Crippen molar-refractivity contribution < 1.29 is 14.6 Å². The average molecular weight is 336 g/mol. The van der Waals surface area contributed by atoms with Crippen LogP contribution in [0.1, 0.15) is 11.5 Å². The maximum Gasteiger partial charge on any atom is 0.249 e. The Hall–Kier alpha value is -2.68. The first-order valence-electron chi connectivity index (χ1n) is 8.17. The van der Waals surface area contributed by atoms with E-state index in [1.807, 2.05) is 54.6 Å². The summed E-state index contributed by atoms with van der Waals surface area (Å²) in [5.74, 6) is -0.506. The van der Waals surface area contributed by atoms with Crippen LogP contribution in [0.3, 0.4) is 0 Å². The molecule has 1 saturated heterocycles. The van der Waals surface area contributed by atoms with Crippen LogP contribution in [0, 0.1) is 11.3 Å². The van der Waals surface area contributed by atoms with Gasteiger partial charge in [-0.3, -0.25) is 4.79 Å². The maximum atomic E-state index is 12.2. The fraction of sp³-hybridized carbons (Fsp3) is 0.300. The number of hydrogen-bond acceptors (Lipinski definition) is 4. The number of amides is 1. The van der Waals surface area contributed by atoms with Crippen LogP contribution in [0.2, 0.25) is 0 Å². The minimum absolute atomic E-state index is 0.0955. The Morgan fingerprint density at radius 2 is 1.88 bits per heavy atom. The molecular formula is C20H20N2O3. The van der Waals surface area contributed by atoms with Gasteiger partial charge in [0.15, 0.2) is 0 Å². The highest BCUT2D eigenvalue weighted by Crippen LogP contribution is 2.43. The zero-order chi connectivity index (χ0) is 17.8. The summed E-state index contributed by atoms with van der Waals surface area (Å²) in [6.45, 7) is -0.289. The van der Waals surface area contributed by atoms with Crippen LogP contribution in [0.4, 0.5) is 0 Å². The maximum absolute atomic E-state index is 12.2. The summed E-state index contributed by atoms with van der Waals surface area (Å²) in [7, 11) is 1.44. The smallest absolute Gasteiger partial charge is 0.249 e. The molecule has 2 aromatic rings. The van der Waals surface area contributed by atoms with E-state index >= 15 is 0 Å². The summed E-state index contributed by atoms with van der Waals surface area (Å²) in [6, 6.07) is 19.0. The van der Waals surface area contributed by atoms with Crippen LogP contribution in [0.5, 0.6) is 0 Å². The average Bonchev–Trinajstić information content (AvgIpc) is 2.63. The van der Waals surface area contributed by atoms with Gasteiger partial charge >= 0.3 is 0 Å². The number of methoxy groups -OCH3 is 1. The molecule has 3 atom stereocenters. The van der Waals surface area contributed by atoms with Crippen LogP contribution in [-0.4, -0.2) is 48.3 Å². The van der Waals surface area contributed by atoms with Crippen molar-refractivity contribution in [1.82, 2.24) is 4.90 Å². The summed E-state index contributed by atoms with van der Waals surface area (Å²) in [5.41, 5.74) is 3.04. The molecule has 1 N–H and O–H groups in total. The van der Waals surface area contributed by atoms with E-state index in [9.17, 15) is 15.2 Å². The first kappa shape index (κ1) is 17.2. The highest BCUT2D eigenvalue weighted by atomic mass is 16.5. The molecule has 0 bridgehead atoms. The Morgan fingerprint density at radius 3 is 2.52 bits per heavy atom. The highest BCUT2D eigenvalue weighted by molar-refractivity contribution is 5.81. The quantitative estimate of drug-likeness (QED) is 0.908. The van der Waals surface area contributed by atoms with Gasteiger partial charge in [0.05, 0.1) is 18.7 Å². The first-order valence-corrected chi connectivity index (χ1v) is 8.17. The number of nitrogens with zero attached hydrogens (tertiary/aromatic N) is 2. The summed E-state index contributed by atoms with van der Waals surface area (Å²) in [6.07, 6.45) is 0. The van der Waals surface area contributed by atoms with E-state index in [0.29, 0.717) is 0 Å². The molecule has 0 spiro atoms. The monoisotopic (exact) mass is 336 g/mol. The predicted octanol–water partition coefficient (Wildman–Crippen LogP) is 2.18. The van der Waals surface area contributed by atoms with Crippen molar-refractivity contribution in [3.8, 4) is 17.2 Å². The molecule has 1 amide bonds. The molecule has 1 aliphatic heterocycles. The molecule has 2 aromatic carbocycles. The summed E-state index contributed by atoms with van der Waals surface area (Å²) >= 11 is 0. The van der Waals surface area contributed by atoms with Crippen molar-refractivity contribution in [2.24, 2.45) is 0 Å². The van der Waals surface area contributed by atoms with Gasteiger partial charge in [0.1, 0.15) is 12.6 Å². The fourth-order valence-corrected chi connectivity index (χ4v) is 3.59. The first-order chi connectivity index (χ1) is 12.2. The Morgan fingerprint density at radius 1 is 1.20 bits per heavy atom. The van der Waals surface area contributed by atoms with Gasteiger partial charge in [-0.05, 0) is 16.7 Å². The Bertz CT molecular complexity index is 785. The van der Waals surface area contributed by atoms with Gasteiger partial charge in [-0.25, -0.2) is 0 Å². The lowest BCUT2D eigenvalue weighted by atomic mass is 9.73. The lowest BCUT2D eigenvalue weighted by molar-refractivity contribution is -0.150. The number of carbonyl (C=O) groups is 1. The molecule has 0 aliphatic carbocycles. The van der Waals surface area contributed by atoms with Gasteiger partial charge in [0.2, 0.25) is 5.91 Å². The molecule has 0 radical (unpaired) electrons. The van der Waals surface area contributed by atoms with Crippen molar-refractivity contribution >= 4 is 5.91 Å². The van der Waals surface area contributed by atoms with E-state index in [1.165, 1.54) is 12.0 Å². The second-order valence-electron chi connectivity index (χ2n) is 6.04. The van der Waals surface area contributed by atoms with E-state index in [0.717, 1.165) is 16.7 Å². The summed E-state index contributed by atoms with van der Waals surface area (Å²) in [5, 5.41) is 19.4. The van der Waals surface area contributed by atoms with Gasteiger partial charge in [-0.15, -0.1) is 0 Å². The molecule has 1 aliphatic rings. The molecule has 25 heavy (non-hydrogen) atoms. The second kappa shape index (κ2) is 7.47. The van der Waals surface area contributed by atoms with E-state index in [-0.39, 0.29) is 25.0 Å².